The van der Waals surface area contributed by atoms with E-state index < -0.39 is 6.10 Å². The van der Waals surface area contributed by atoms with E-state index in [0.717, 1.165) is 96.3 Å². The van der Waals surface area contributed by atoms with Crippen molar-refractivity contribution in [2.45, 2.75) is 258 Å². The van der Waals surface area contributed by atoms with Crippen LogP contribution in [-0.4, -0.2) is 37.9 Å². The van der Waals surface area contributed by atoms with Crippen LogP contribution >= 0.6 is 0 Å². The number of ether oxygens (including phenoxy) is 3. The van der Waals surface area contributed by atoms with E-state index in [1.165, 1.54) is 122 Å². The second-order valence-electron chi connectivity index (χ2n) is 17.7. The molecule has 0 N–H and O–H groups in total. The molecule has 0 aliphatic rings. The highest BCUT2D eigenvalue weighted by atomic mass is 16.6. The van der Waals surface area contributed by atoms with Gasteiger partial charge in [0.25, 0.3) is 0 Å². The molecular formula is C59H102O5. The van der Waals surface area contributed by atoms with Crippen LogP contribution in [0.3, 0.4) is 0 Å². The molecule has 0 saturated carbocycles. The SMILES string of the molecule is CC/C=C\C/C=C\C/C=C\CCCCCCCCCCOCC(COC(=O)CCCCCCCCC/C=C\CCCCCCCC)OC(=O)CCCCC/C=C\C/C=C\C/C=C\CC. The Morgan fingerprint density at radius 3 is 1.16 bits per heavy atom. The molecule has 0 amide bonds. The molecule has 1 unspecified atom stereocenters. The minimum Gasteiger partial charge on any atom is -0.462 e. The van der Waals surface area contributed by atoms with Gasteiger partial charge in [0, 0.05) is 19.4 Å². The van der Waals surface area contributed by atoms with E-state index in [1.54, 1.807) is 0 Å². The summed E-state index contributed by atoms with van der Waals surface area (Å²) >= 11 is 0. The smallest absolute Gasteiger partial charge is 0.306 e. The Hall–Kier alpha value is -2.92. The van der Waals surface area contributed by atoms with Crippen molar-refractivity contribution in [3.05, 3.63) is 85.1 Å². The lowest BCUT2D eigenvalue weighted by atomic mass is 10.1. The predicted octanol–water partition coefficient (Wildman–Crippen LogP) is 18.5. The third-order valence-corrected chi connectivity index (χ3v) is 11.4. The summed E-state index contributed by atoms with van der Waals surface area (Å²) in [6.45, 7) is 7.56. The number of allylic oxidation sites excluding steroid dienone is 14. The van der Waals surface area contributed by atoms with E-state index in [9.17, 15) is 9.59 Å². The van der Waals surface area contributed by atoms with E-state index in [0.29, 0.717) is 19.4 Å². The normalized spacial score (nSPS) is 12.9. The van der Waals surface area contributed by atoms with Crippen LogP contribution in [-0.2, 0) is 23.8 Å². The van der Waals surface area contributed by atoms with Gasteiger partial charge < -0.3 is 14.2 Å². The quantitative estimate of drug-likeness (QED) is 0.0346. The van der Waals surface area contributed by atoms with Crippen molar-refractivity contribution in [1.82, 2.24) is 0 Å². The first-order chi connectivity index (χ1) is 31.6. The average Bonchev–Trinajstić information content (AvgIpc) is 3.30. The molecule has 0 bridgehead atoms. The molecule has 1 atom stereocenters. The van der Waals surface area contributed by atoms with Gasteiger partial charge in [-0.2, -0.15) is 0 Å². The van der Waals surface area contributed by atoms with Crippen molar-refractivity contribution in [1.29, 1.82) is 0 Å². The Labute approximate surface area is 397 Å². The summed E-state index contributed by atoms with van der Waals surface area (Å²) in [5, 5.41) is 0. The Balaban J connectivity index is 4.30. The summed E-state index contributed by atoms with van der Waals surface area (Å²) in [6, 6.07) is 0. The Morgan fingerprint density at radius 2 is 0.703 bits per heavy atom. The van der Waals surface area contributed by atoms with E-state index in [4.69, 9.17) is 14.2 Å². The van der Waals surface area contributed by atoms with E-state index >= 15 is 0 Å². The van der Waals surface area contributed by atoms with Crippen LogP contribution in [0.5, 0.6) is 0 Å². The van der Waals surface area contributed by atoms with Gasteiger partial charge in [-0.25, -0.2) is 0 Å². The van der Waals surface area contributed by atoms with Gasteiger partial charge in [0.2, 0.25) is 0 Å². The topological polar surface area (TPSA) is 61.8 Å². The number of carbonyl (C=O) groups is 2. The monoisotopic (exact) mass is 891 g/mol. The molecule has 0 spiro atoms. The molecule has 0 radical (unpaired) electrons. The molecule has 0 fully saturated rings. The second-order valence-corrected chi connectivity index (χ2v) is 17.7. The Morgan fingerprint density at radius 1 is 0.359 bits per heavy atom. The number of hydrogen-bond acceptors (Lipinski definition) is 5. The first kappa shape index (κ1) is 61.1. The molecule has 0 heterocycles. The highest BCUT2D eigenvalue weighted by Gasteiger charge is 2.17. The maximum absolute atomic E-state index is 12.8. The standard InChI is InChI=1S/C59H102O5/c1-4-7-10-13-16-19-22-25-27-29-31-33-36-39-42-45-48-51-54-62-55-57(64-59(61)53-50-47-44-41-38-34-24-21-18-15-12-9-6-3)56-63-58(60)52-49-46-43-40-37-35-32-30-28-26-23-20-17-14-11-8-5-2/h7,9-10,12,16,18-19,21,25-28,34,38,57H,4-6,8,11,13-15,17,20,22-24,29-33,35-37,39-56H2,1-3H3/b10-7-,12-9-,19-16-,21-18-,27-25-,28-26-,38-34-. The lowest BCUT2D eigenvalue weighted by Gasteiger charge is -2.18. The molecule has 5 nitrogen and oxygen atoms in total. The largest absolute Gasteiger partial charge is 0.462 e. The van der Waals surface area contributed by atoms with Crippen LogP contribution in [0.15, 0.2) is 85.1 Å². The van der Waals surface area contributed by atoms with Gasteiger partial charge in [0.1, 0.15) is 6.61 Å². The lowest BCUT2D eigenvalue weighted by molar-refractivity contribution is -0.163. The number of unbranched alkanes of at least 4 members (excludes halogenated alkanes) is 24. The highest BCUT2D eigenvalue weighted by molar-refractivity contribution is 5.70. The number of esters is 2. The molecule has 0 rings (SSSR count). The summed E-state index contributed by atoms with van der Waals surface area (Å²) in [5.41, 5.74) is 0. The van der Waals surface area contributed by atoms with E-state index in [1.807, 2.05) is 0 Å². The molecule has 368 valence electrons. The van der Waals surface area contributed by atoms with Crippen LogP contribution < -0.4 is 0 Å². The van der Waals surface area contributed by atoms with Gasteiger partial charge in [-0.05, 0) is 109 Å². The van der Waals surface area contributed by atoms with Crippen molar-refractivity contribution < 1.29 is 23.8 Å². The van der Waals surface area contributed by atoms with Crippen LogP contribution in [0, 0.1) is 0 Å². The Kier molecular flexibility index (Phi) is 51.9. The van der Waals surface area contributed by atoms with Gasteiger partial charge in [-0.3, -0.25) is 9.59 Å². The summed E-state index contributed by atoms with van der Waals surface area (Å²) < 4.78 is 17.4. The van der Waals surface area contributed by atoms with Gasteiger partial charge >= 0.3 is 11.9 Å². The third-order valence-electron chi connectivity index (χ3n) is 11.4. The molecular weight excluding hydrogens is 789 g/mol. The molecule has 0 aromatic rings. The predicted molar refractivity (Wildman–Crippen MR) is 279 cm³/mol. The van der Waals surface area contributed by atoms with E-state index in [2.05, 4.69) is 106 Å². The summed E-state index contributed by atoms with van der Waals surface area (Å²) in [7, 11) is 0. The number of rotatable bonds is 49. The minimum absolute atomic E-state index is 0.0654. The van der Waals surface area contributed by atoms with Crippen molar-refractivity contribution in [3.8, 4) is 0 Å². The highest BCUT2D eigenvalue weighted by Crippen LogP contribution is 2.14. The summed E-state index contributed by atoms with van der Waals surface area (Å²) in [6.07, 6.45) is 71.7. The maximum atomic E-state index is 12.8. The number of carbonyl (C=O) groups excluding carboxylic acids is 2. The van der Waals surface area contributed by atoms with Crippen molar-refractivity contribution in [2.75, 3.05) is 19.8 Å². The maximum Gasteiger partial charge on any atom is 0.306 e. The molecule has 64 heavy (non-hydrogen) atoms. The zero-order valence-electron chi connectivity index (χ0n) is 42.3. The van der Waals surface area contributed by atoms with Crippen LogP contribution in [0.25, 0.3) is 0 Å². The third kappa shape index (κ3) is 51.7. The van der Waals surface area contributed by atoms with Crippen LogP contribution in [0.1, 0.15) is 252 Å². The zero-order chi connectivity index (χ0) is 46.3. The fourth-order valence-electron chi connectivity index (χ4n) is 7.42. The summed E-state index contributed by atoms with van der Waals surface area (Å²) in [5.74, 6) is -0.438. The number of hydrogen-bond donors (Lipinski definition) is 0. The van der Waals surface area contributed by atoms with E-state index in [-0.39, 0.29) is 25.2 Å². The second kappa shape index (κ2) is 54.4. The fraction of sp³-hybridized carbons (Fsp3) is 0.729. The molecule has 5 heteroatoms. The lowest BCUT2D eigenvalue weighted by Crippen LogP contribution is -2.30. The molecule has 0 saturated heterocycles. The first-order valence-corrected chi connectivity index (χ1v) is 27.1. The van der Waals surface area contributed by atoms with Gasteiger partial charge in [-0.15, -0.1) is 0 Å². The van der Waals surface area contributed by atoms with Gasteiger partial charge in [0.15, 0.2) is 6.10 Å². The Bertz CT molecular complexity index is 1190. The fourth-order valence-corrected chi connectivity index (χ4v) is 7.42. The van der Waals surface area contributed by atoms with Gasteiger partial charge in [0.05, 0.1) is 6.61 Å². The molecule has 0 aromatic carbocycles. The molecule has 0 aliphatic carbocycles. The van der Waals surface area contributed by atoms with Crippen molar-refractivity contribution in [2.24, 2.45) is 0 Å². The van der Waals surface area contributed by atoms with Gasteiger partial charge in [-0.1, -0.05) is 215 Å². The van der Waals surface area contributed by atoms with Crippen molar-refractivity contribution in [3.63, 3.8) is 0 Å². The zero-order valence-corrected chi connectivity index (χ0v) is 42.3. The molecule has 0 aromatic heterocycles. The van der Waals surface area contributed by atoms with Crippen LogP contribution in [0.2, 0.25) is 0 Å². The minimum atomic E-state index is -0.561. The average molecular weight is 891 g/mol. The summed E-state index contributed by atoms with van der Waals surface area (Å²) in [4.78, 5) is 25.4. The van der Waals surface area contributed by atoms with Crippen LogP contribution in [0.4, 0.5) is 0 Å². The first-order valence-electron chi connectivity index (χ1n) is 27.1. The molecule has 0 aliphatic heterocycles. The van der Waals surface area contributed by atoms with Crippen molar-refractivity contribution >= 4 is 11.9 Å².